The lowest BCUT2D eigenvalue weighted by molar-refractivity contribution is -0.0432. The number of aliphatic hydroxyl groups is 3. The summed E-state index contributed by atoms with van der Waals surface area (Å²) >= 11 is 0. The van der Waals surface area contributed by atoms with Crippen LogP contribution in [-0.4, -0.2) is 47.9 Å². The molecule has 0 fully saturated rings. The summed E-state index contributed by atoms with van der Waals surface area (Å²) in [5, 5.41) is 27.4. The average Bonchev–Trinajstić information content (AvgIpc) is 2.34. The second kappa shape index (κ2) is 3.75. The van der Waals surface area contributed by atoms with E-state index < -0.39 is 12.2 Å². The highest BCUT2D eigenvalue weighted by molar-refractivity contribution is 5.12. The van der Waals surface area contributed by atoms with Gasteiger partial charge in [0.2, 0.25) is 0 Å². The monoisotopic (exact) mass is 176 g/mol. The zero-order chi connectivity index (χ0) is 9.14. The van der Waals surface area contributed by atoms with Crippen molar-refractivity contribution >= 4 is 0 Å². The molecule has 0 saturated heterocycles. The van der Waals surface area contributed by atoms with Crippen LogP contribution in [-0.2, 0) is 9.47 Å². The molecular formula is C7H12O5. The van der Waals surface area contributed by atoms with Gasteiger partial charge in [-0.2, -0.15) is 0 Å². The van der Waals surface area contributed by atoms with Crippen molar-refractivity contribution in [2.24, 2.45) is 0 Å². The first-order valence-corrected chi connectivity index (χ1v) is 3.56. The minimum Gasteiger partial charge on any atom is -0.506 e. The lowest BCUT2D eigenvalue weighted by Gasteiger charge is -2.16. The van der Waals surface area contributed by atoms with E-state index in [2.05, 4.69) is 4.74 Å². The second-order valence-electron chi connectivity index (χ2n) is 2.59. The van der Waals surface area contributed by atoms with Crippen molar-refractivity contribution in [3.05, 3.63) is 11.5 Å². The maximum Gasteiger partial charge on any atom is 0.164 e. The van der Waals surface area contributed by atoms with Gasteiger partial charge in [0.1, 0.15) is 18.8 Å². The average molecular weight is 176 g/mol. The first kappa shape index (κ1) is 9.31. The Hall–Kier alpha value is -0.780. The maximum absolute atomic E-state index is 9.28. The molecule has 5 nitrogen and oxygen atoms in total. The van der Waals surface area contributed by atoms with Crippen LogP contribution in [0.3, 0.4) is 0 Å². The molecule has 0 aromatic heterocycles. The van der Waals surface area contributed by atoms with Crippen LogP contribution in [0.5, 0.6) is 0 Å². The highest BCUT2D eigenvalue weighted by atomic mass is 16.5. The molecule has 0 aliphatic carbocycles. The van der Waals surface area contributed by atoms with Gasteiger partial charge in [0.15, 0.2) is 11.5 Å². The number of aliphatic hydroxyl groups excluding tert-OH is 3. The van der Waals surface area contributed by atoms with Crippen molar-refractivity contribution in [1.82, 2.24) is 0 Å². The summed E-state index contributed by atoms with van der Waals surface area (Å²) in [7, 11) is 1.43. The zero-order valence-corrected chi connectivity index (χ0v) is 6.73. The summed E-state index contributed by atoms with van der Waals surface area (Å²) in [4.78, 5) is 0. The third-order valence-electron chi connectivity index (χ3n) is 1.65. The topological polar surface area (TPSA) is 79.2 Å². The highest BCUT2D eigenvalue weighted by Gasteiger charge is 2.32. The summed E-state index contributed by atoms with van der Waals surface area (Å²) < 4.78 is 9.54. The fourth-order valence-electron chi connectivity index (χ4n) is 1.04. The van der Waals surface area contributed by atoms with Crippen molar-refractivity contribution in [2.45, 2.75) is 12.2 Å². The van der Waals surface area contributed by atoms with Gasteiger partial charge in [0, 0.05) is 7.11 Å². The van der Waals surface area contributed by atoms with Gasteiger partial charge >= 0.3 is 0 Å². The Balaban J connectivity index is 2.54. The molecule has 1 aliphatic heterocycles. The zero-order valence-electron chi connectivity index (χ0n) is 6.73. The molecule has 0 radical (unpaired) electrons. The van der Waals surface area contributed by atoms with Gasteiger partial charge in [0.05, 0.1) is 6.61 Å². The van der Waals surface area contributed by atoms with Crippen LogP contribution in [0.4, 0.5) is 0 Å². The minimum absolute atomic E-state index is 0.0575. The smallest absolute Gasteiger partial charge is 0.164 e. The van der Waals surface area contributed by atoms with E-state index in [1.807, 2.05) is 0 Å². The largest absolute Gasteiger partial charge is 0.506 e. The van der Waals surface area contributed by atoms with Crippen LogP contribution in [0.15, 0.2) is 11.5 Å². The van der Waals surface area contributed by atoms with Gasteiger partial charge in [-0.05, 0) is 0 Å². The van der Waals surface area contributed by atoms with Crippen molar-refractivity contribution in [1.29, 1.82) is 0 Å². The molecule has 5 heteroatoms. The summed E-state index contributed by atoms with van der Waals surface area (Å²) in [5.41, 5.74) is 0. The van der Waals surface area contributed by atoms with Gasteiger partial charge in [0.25, 0.3) is 0 Å². The minimum atomic E-state index is -0.945. The van der Waals surface area contributed by atoms with E-state index in [0.717, 1.165) is 0 Å². The van der Waals surface area contributed by atoms with Gasteiger partial charge in [-0.25, -0.2) is 0 Å². The normalized spacial score (nSPS) is 26.3. The fraction of sp³-hybridized carbons (Fsp3) is 0.714. The number of methoxy groups -OCH3 is 1. The van der Waals surface area contributed by atoms with E-state index in [1.54, 1.807) is 0 Å². The molecule has 3 N–H and O–H groups in total. The van der Waals surface area contributed by atoms with Gasteiger partial charge in [-0.3, -0.25) is 0 Å². The van der Waals surface area contributed by atoms with E-state index in [0.29, 0.717) is 0 Å². The van der Waals surface area contributed by atoms with E-state index in [1.165, 1.54) is 7.11 Å². The third kappa shape index (κ3) is 1.69. The summed E-state index contributed by atoms with van der Waals surface area (Å²) in [5.74, 6) is -0.533. The SMILES string of the molecule is COC[C@H](O)[C@H]1OCC(O)=C1O. The fourth-order valence-corrected chi connectivity index (χ4v) is 1.04. The first-order valence-electron chi connectivity index (χ1n) is 3.56. The Labute approximate surface area is 69.8 Å². The molecule has 12 heavy (non-hydrogen) atoms. The quantitative estimate of drug-likeness (QED) is 0.551. The van der Waals surface area contributed by atoms with E-state index >= 15 is 0 Å². The Bertz CT molecular complexity index is 188. The molecule has 70 valence electrons. The lowest BCUT2D eigenvalue weighted by atomic mass is 10.2. The predicted molar refractivity (Wildman–Crippen MR) is 39.9 cm³/mol. The molecule has 0 amide bonds. The molecule has 2 atom stereocenters. The third-order valence-corrected chi connectivity index (χ3v) is 1.65. The second-order valence-corrected chi connectivity index (χ2v) is 2.59. The molecule has 0 aromatic rings. The highest BCUT2D eigenvalue weighted by Crippen LogP contribution is 2.19. The van der Waals surface area contributed by atoms with Crippen LogP contribution < -0.4 is 0 Å². The summed E-state index contributed by atoms with van der Waals surface area (Å²) in [6, 6.07) is 0. The summed E-state index contributed by atoms with van der Waals surface area (Å²) in [6.45, 7) is -0.000713. The predicted octanol–water partition coefficient (Wildman–Crippen LogP) is -0.280. The number of ether oxygens (including phenoxy) is 2. The standard InChI is InChI=1S/C7H12O5/c1-11-2-5(9)7-6(10)4(8)3-12-7/h5,7-10H,2-3H2,1H3/t5-,7+/m0/s1. The Morgan fingerprint density at radius 3 is 2.75 bits per heavy atom. The van der Waals surface area contributed by atoms with Crippen molar-refractivity contribution in [3.8, 4) is 0 Å². The number of rotatable bonds is 3. The van der Waals surface area contributed by atoms with E-state index in [9.17, 15) is 5.11 Å². The summed E-state index contributed by atoms with van der Waals surface area (Å²) in [6.07, 6.45) is -1.80. The van der Waals surface area contributed by atoms with E-state index in [4.69, 9.17) is 14.9 Å². The van der Waals surface area contributed by atoms with Gasteiger partial charge < -0.3 is 24.8 Å². The van der Waals surface area contributed by atoms with Crippen molar-refractivity contribution in [3.63, 3.8) is 0 Å². The lowest BCUT2D eigenvalue weighted by Crippen LogP contribution is -2.31. The molecule has 0 saturated carbocycles. The van der Waals surface area contributed by atoms with Crippen LogP contribution in [0, 0.1) is 0 Å². The molecule has 1 aliphatic rings. The van der Waals surface area contributed by atoms with Gasteiger partial charge in [-0.1, -0.05) is 0 Å². The molecule has 0 unspecified atom stereocenters. The number of hydrogen-bond donors (Lipinski definition) is 3. The van der Waals surface area contributed by atoms with Crippen LogP contribution in [0.25, 0.3) is 0 Å². The van der Waals surface area contributed by atoms with Crippen molar-refractivity contribution in [2.75, 3.05) is 20.3 Å². The van der Waals surface area contributed by atoms with Crippen LogP contribution >= 0.6 is 0 Å². The van der Waals surface area contributed by atoms with Crippen LogP contribution in [0.2, 0.25) is 0 Å². The van der Waals surface area contributed by atoms with Gasteiger partial charge in [-0.15, -0.1) is 0 Å². The van der Waals surface area contributed by atoms with Crippen molar-refractivity contribution < 1.29 is 24.8 Å². The Morgan fingerprint density at radius 2 is 2.33 bits per heavy atom. The van der Waals surface area contributed by atoms with E-state index in [-0.39, 0.29) is 24.7 Å². The molecule has 0 aromatic carbocycles. The Kier molecular flexibility index (Phi) is 2.91. The molecule has 0 spiro atoms. The Morgan fingerprint density at radius 1 is 1.67 bits per heavy atom. The maximum atomic E-state index is 9.28. The first-order chi connectivity index (χ1) is 5.66. The molecular weight excluding hydrogens is 164 g/mol. The molecule has 0 bridgehead atoms. The number of hydrogen-bond acceptors (Lipinski definition) is 5. The molecule has 1 heterocycles. The van der Waals surface area contributed by atoms with Crippen LogP contribution in [0.1, 0.15) is 0 Å². The molecule has 1 rings (SSSR count).